The number of benzene rings is 2. The van der Waals surface area contributed by atoms with E-state index >= 15 is 0 Å². The third kappa shape index (κ3) is 3.55. The standard InChI is InChI=1S/C26H28N2O2/c29-25(27-15-14-20-10-4-5-11-21(20)18-27)16-23-22-12-6-7-13-24(22)28(26(23)30)17-19-8-2-1-3-9-19/h1-5,8-11,24H,6-7,12-18H2. The molecule has 3 aliphatic rings. The van der Waals surface area contributed by atoms with Crippen LogP contribution in [0.25, 0.3) is 0 Å². The second-order valence-electron chi connectivity index (χ2n) is 8.69. The lowest BCUT2D eigenvalue weighted by molar-refractivity contribution is -0.134. The number of hydrogen-bond donors (Lipinski definition) is 0. The lowest BCUT2D eigenvalue weighted by atomic mass is 9.88. The van der Waals surface area contributed by atoms with Gasteiger partial charge in [0.15, 0.2) is 0 Å². The zero-order valence-electron chi connectivity index (χ0n) is 17.3. The van der Waals surface area contributed by atoms with Crippen LogP contribution in [0.4, 0.5) is 0 Å². The van der Waals surface area contributed by atoms with Gasteiger partial charge in [-0.2, -0.15) is 0 Å². The first-order valence-corrected chi connectivity index (χ1v) is 11.1. The van der Waals surface area contributed by atoms with E-state index in [-0.39, 0.29) is 24.3 Å². The SMILES string of the molecule is O=C(CC1=C2CCCCC2N(Cc2ccccc2)C1=O)N1CCc2ccccc2C1. The maximum absolute atomic E-state index is 13.4. The van der Waals surface area contributed by atoms with E-state index < -0.39 is 0 Å². The van der Waals surface area contributed by atoms with Gasteiger partial charge in [-0.1, -0.05) is 61.0 Å². The molecule has 2 aromatic carbocycles. The molecule has 154 valence electrons. The molecule has 0 N–H and O–H groups in total. The zero-order valence-corrected chi connectivity index (χ0v) is 17.3. The molecular weight excluding hydrogens is 372 g/mol. The summed E-state index contributed by atoms with van der Waals surface area (Å²) >= 11 is 0. The average Bonchev–Trinajstić information content (AvgIpc) is 3.05. The summed E-state index contributed by atoms with van der Waals surface area (Å²) in [4.78, 5) is 30.5. The quantitative estimate of drug-likeness (QED) is 0.770. The molecule has 4 heteroatoms. The van der Waals surface area contributed by atoms with Crippen molar-refractivity contribution in [2.45, 2.75) is 57.7 Å². The molecule has 1 aliphatic carbocycles. The fourth-order valence-electron chi connectivity index (χ4n) is 5.27. The summed E-state index contributed by atoms with van der Waals surface area (Å²) in [7, 11) is 0. The van der Waals surface area contributed by atoms with E-state index in [1.54, 1.807) is 0 Å². The summed E-state index contributed by atoms with van der Waals surface area (Å²) in [5, 5.41) is 0. The molecule has 1 unspecified atom stereocenters. The van der Waals surface area contributed by atoms with Crippen molar-refractivity contribution >= 4 is 11.8 Å². The molecule has 30 heavy (non-hydrogen) atoms. The first kappa shape index (κ1) is 19.1. The van der Waals surface area contributed by atoms with Gasteiger partial charge in [0.2, 0.25) is 5.91 Å². The van der Waals surface area contributed by atoms with Crippen molar-refractivity contribution in [3.05, 3.63) is 82.4 Å². The van der Waals surface area contributed by atoms with Crippen molar-refractivity contribution in [2.24, 2.45) is 0 Å². The van der Waals surface area contributed by atoms with E-state index in [9.17, 15) is 9.59 Å². The van der Waals surface area contributed by atoms with Crippen molar-refractivity contribution in [3.63, 3.8) is 0 Å². The van der Waals surface area contributed by atoms with Gasteiger partial charge in [0.25, 0.3) is 5.91 Å². The number of carbonyl (C=O) groups excluding carboxylic acids is 2. The first-order valence-electron chi connectivity index (χ1n) is 11.1. The molecule has 0 spiro atoms. The van der Waals surface area contributed by atoms with Crippen LogP contribution in [-0.2, 0) is 29.1 Å². The van der Waals surface area contributed by atoms with Gasteiger partial charge >= 0.3 is 0 Å². The normalized spacial score (nSPS) is 20.9. The Morgan fingerprint density at radius 3 is 2.53 bits per heavy atom. The van der Waals surface area contributed by atoms with E-state index in [1.807, 2.05) is 34.1 Å². The largest absolute Gasteiger partial charge is 0.338 e. The van der Waals surface area contributed by atoms with Gasteiger partial charge in [0.1, 0.15) is 0 Å². The van der Waals surface area contributed by atoms with Crippen molar-refractivity contribution in [1.82, 2.24) is 9.80 Å². The van der Waals surface area contributed by atoms with Gasteiger partial charge in [-0.15, -0.1) is 0 Å². The van der Waals surface area contributed by atoms with Crippen LogP contribution in [0.2, 0.25) is 0 Å². The Balaban J connectivity index is 1.34. The number of fused-ring (bicyclic) bond motifs is 2. The molecule has 1 atom stereocenters. The van der Waals surface area contributed by atoms with Crippen LogP contribution in [-0.4, -0.2) is 34.2 Å². The van der Waals surface area contributed by atoms with Gasteiger partial charge in [-0.25, -0.2) is 0 Å². The number of amides is 2. The molecule has 0 radical (unpaired) electrons. The first-order chi connectivity index (χ1) is 14.7. The lowest BCUT2D eigenvalue weighted by Crippen LogP contribution is -2.37. The molecule has 0 aromatic heterocycles. The third-order valence-corrected chi connectivity index (χ3v) is 6.87. The van der Waals surface area contributed by atoms with E-state index in [1.165, 1.54) is 16.7 Å². The Morgan fingerprint density at radius 1 is 0.933 bits per heavy atom. The lowest BCUT2D eigenvalue weighted by Gasteiger charge is -2.30. The molecule has 2 amide bonds. The maximum atomic E-state index is 13.4. The molecule has 2 aromatic rings. The number of hydrogen-bond acceptors (Lipinski definition) is 2. The number of rotatable bonds is 4. The van der Waals surface area contributed by atoms with Gasteiger partial charge < -0.3 is 9.80 Å². The van der Waals surface area contributed by atoms with Crippen molar-refractivity contribution in [2.75, 3.05) is 6.54 Å². The smallest absolute Gasteiger partial charge is 0.251 e. The molecule has 2 heterocycles. The van der Waals surface area contributed by atoms with Crippen molar-refractivity contribution in [1.29, 1.82) is 0 Å². The fraction of sp³-hybridized carbons (Fsp3) is 0.385. The van der Waals surface area contributed by atoms with Crippen LogP contribution in [0.3, 0.4) is 0 Å². The molecule has 1 fully saturated rings. The summed E-state index contributed by atoms with van der Waals surface area (Å²) in [6.45, 7) is 2.02. The van der Waals surface area contributed by atoms with Crippen molar-refractivity contribution < 1.29 is 9.59 Å². The summed E-state index contributed by atoms with van der Waals surface area (Å²) in [6.07, 6.45) is 5.38. The van der Waals surface area contributed by atoms with E-state index in [0.29, 0.717) is 13.1 Å². The minimum Gasteiger partial charge on any atom is -0.338 e. The van der Waals surface area contributed by atoms with E-state index in [2.05, 4.69) is 30.3 Å². The van der Waals surface area contributed by atoms with Crippen LogP contribution >= 0.6 is 0 Å². The monoisotopic (exact) mass is 400 g/mol. The Morgan fingerprint density at radius 2 is 1.70 bits per heavy atom. The third-order valence-electron chi connectivity index (χ3n) is 6.87. The van der Waals surface area contributed by atoms with Crippen LogP contribution in [0, 0.1) is 0 Å². The maximum Gasteiger partial charge on any atom is 0.251 e. The topological polar surface area (TPSA) is 40.6 Å². The molecule has 2 aliphatic heterocycles. The number of nitrogens with zero attached hydrogens (tertiary/aromatic N) is 2. The Hall–Kier alpha value is -2.88. The molecular formula is C26H28N2O2. The van der Waals surface area contributed by atoms with Crippen molar-refractivity contribution in [3.8, 4) is 0 Å². The van der Waals surface area contributed by atoms with Crippen LogP contribution < -0.4 is 0 Å². The highest BCUT2D eigenvalue weighted by Gasteiger charge is 2.40. The van der Waals surface area contributed by atoms with Gasteiger partial charge in [0.05, 0.1) is 12.5 Å². The molecule has 0 bridgehead atoms. The Bertz CT molecular complexity index is 995. The second kappa shape index (κ2) is 8.10. The zero-order chi connectivity index (χ0) is 20.5. The van der Waals surface area contributed by atoms with Crippen LogP contribution in [0.15, 0.2) is 65.7 Å². The predicted octanol–water partition coefficient (Wildman–Crippen LogP) is 4.24. The molecule has 1 saturated carbocycles. The number of carbonyl (C=O) groups is 2. The fourth-order valence-corrected chi connectivity index (χ4v) is 5.27. The highest BCUT2D eigenvalue weighted by molar-refractivity contribution is 6.02. The summed E-state index contributed by atoms with van der Waals surface area (Å²) < 4.78 is 0. The molecule has 0 saturated heterocycles. The van der Waals surface area contributed by atoms with Gasteiger partial charge in [-0.05, 0) is 47.9 Å². The summed E-state index contributed by atoms with van der Waals surface area (Å²) in [5.41, 5.74) is 5.72. The highest BCUT2D eigenvalue weighted by atomic mass is 16.2. The van der Waals surface area contributed by atoms with Crippen LogP contribution in [0.5, 0.6) is 0 Å². The van der Waals surface area contributed by atoms with Gasteiger partial charge in [0, 0.05) is 25.2 Å². The Labute approximate surface area is 178 Å². The average molecular weight is 401 g/mol. The minimum atomic E-state index is 0.0755. The molecule has 4 nitrogen and oxygen atoms in total. The summed E-state index contributed by atoms with van der Waals surface area (Å²) in [6, 6.07) is 18.7. The highest BCUT2D eigenvalue weighted by Crippen LogP contribution is 2.39. The second-order valence-corrected chi connectivity index (χ2v) is 8.69. The minimum absolute atomic E-state index is 0.0755. The molecule has 5 rings (SSSR count). The van der Waals surface area contributed by atoms with Crippen LogP contribution in [0.1, 0.15) is 48.8 Å². The summed E-state index contributed by atoms with van der Waals surface area (Å²) in [5.74, 6) is 0.165. The predicted molar refractivity (Wildman–Crippen MR) is 116 cm³/mol. The Kier molecular flexibility index (Phi) is 5.16. The van der Waals surface area contributed by atoms with E-state index in [0.717, 1.165) is 49.8 Å². The van der Waals surface area contributed by atoms with Gasteiger partial charge in [-0.3, -0.25) is 9.59 Å². The van der Waals surface area contributed by atoms with E-state index in [4.69, 9.17) is 0 Å².